The monoisotopic (exact) mass is 1860 g/mol. The molecule has 0 saturated heterocycles. The van der Waals surface area contributed by atoms with Crippen molar-refractivity contribution < 1.29 is 0 Å². The summed E-state index contributed by atoms with van der Waals surface area (Å²) in [6.07, 6.45) is 0. The van der Waals surface area contributed by atoms with Crippen molar-refractivity contribution >= 4 is 145 Å². The van der Waals surface area contributed by atoms with Crippen molar-refractivity contribution in [3.8, 4) is 101 Å². The molecular weight excluding hydrogens is 1770 g/mol. The summed E-state index contributed by atoms with van der Waals surface area (Å²) in [6.45, 7) is 0. The van der Waals surface area contributed by atoms with Gasteiger partial charge in [0.1, 0.15) is 0 Å². The molecule has 0 atom stereocenters. The second-order valence-electron chi connectivity index (χ2n) is 37.7. The van der Waals surface area contributed by atoms with Gasteiger partial charge in [0.25, 0.3) is 0 Å². The van der Waals surface area contributed by atoms with E-state index in [4.69, 9.17) is 0 Å². The molecule has 0 aliphatic heterocycles. The van der Waals surface area contributed by atoms with Gasteiger partial charge in [0.05, 0.1) is 44.1 Å². The Labute approximate surface area is 839 Å². The lowest BCUT2D eigenvalue weighted by molar-refractivity contribution is 1.18. The number of hydrogen-bond donors (Lipinski definition) is 0. The predicted molar refractivity (Wildman–Crippen MR) is 616 cm³/mol. The Kier molecular flexibility index (Phi) is 22.0. The third-order valence-electron chi connectivity index (χ3n) is 29.8. The fourth-order valence-electron chi connectivity index (χ4n) is 23.0. The van der Waals surface area contributed by atoms with Crippen LogP contribution in [0.5, 0.6) is 0 Å². The lowest BCUT2D eigenvalue weighted by Crippen LogP contribution is -2.74. The normalized spacial score (nSPS) is 11.8. The molecule has 0 aliphatic carbocycles. The summed E-state index contributed by atoms with van der Waals surface area (Å²) in [4.78, 5) is 0. The van der Waals surface area contributed by atoms with Crippen molar-refractivity contribution in [2.24, 2.45) is 0 Å². The molecule has 676 valence electrons. The quantitative estimate of drug-likeness (QED) is 0.0568. The topological polar surface area (TPSA) is 19.7 Å². The Balaban J connectivity index is 0.000000147. The molecule has 23 aromatic carbocycles. The van der Waals surface area contributed by atoms with Gasteiger partial charge in [-0.15, -0.1) is 0 Å². The van der Waals surface area contributed by atoms with Gasteiger partial charge in [0.2, 0.25) is 0 Å². The zero-order valence-electron chi connectivity index (χ0n) is 79.2. The summed E-state index contributed by atoms with van der Waals surface area (Å²) in [7, 11) is -5.54. The van der Waals surface area contributed by atoms with Crippen molar-refractivity contribution in [3.63, 3.8) is 0 Å². The number of nitrogens with zero attached hydrogens (tertiary/aromatic N) is 4. The molecule has 0 amide bonds. The molecule has 4 aromatic heterocycles. The molecule has 0 radical (unpaired) electrons. The maximum Gasteiger partial charge on any atom is 0.179 e. The van der Waals surface area contributed by atoms with Crippen LogP contribution in [0.3, 0.4) is 0 Å². The number of benzene rings is 23. The average molecular weight is 1870 g/mol. The van der Waals surface area contributed by atoms with Gasteiger partial charge in [-0.3, -0.25) is 0 Å². The van der Waals surface area contributed by atoms with Crippen molar-refractivity contribution in [2.45, 2.75) is 0 Å². The fraction of sp³-hybridized carbons (Fsp3) is 0. The molecule has 0 saturated carbocycles. The van der Waals surface area contributed by atoms with Crippen LogP contribution in [-0.2, 0) is 0 Å². The van der Waals surface area contributed by atoms with Gasteiger partial charge >= 0.3 is 0 Å². The molecule has 4 nitrogen and oxygen atoms in total. The van der Waals surface area contributed by atoms with Crippen LogP contribution in [0.4, 0.5) is 0 Å². The zero-order chi connectivity index (χ0) is 95.4. The van der Waals surface area contributed by atoms with Gasteiger partial charge in [-0.1, -0.05) is 461 Å². The number of rotatable bonds is 19. The van der Waals surface area contributed by atoms with Gasteiger partial charge in [-0.2, -0.15) is 0 Å². The molecule has 0 bridgehead atoms. The van der Waals surface area contributed by atoms with E-state index in [0.717, 1.165) is 22.7 Å². The zero-order valence-corrected chi connectivity index (χ0v) is 81.2. The number of para-hydroxylation sites is 3. The minimum absolute atomic E-state index is 1.14. The molecule has 0 spiro atoms. The van der Waals surface area contributed by atoms with Crippen molar-refractivity contribution in [3.05, 3.63) is 582 Å². The number of aromatic nitrogens is 4. The fourth-order valence-corrected chi connectivity index (χ4v) is 32.6. The minimum atomic E-state index is -2.81. The van der Waals surface area contributed by atoms with Crippen LogP contribution in [-0.4, -0.2) is 34.4 Å². The summed E-state index contributed by atoms with van der Waals surface area (Å²) >= 11 is 0. The van der Waals surface area contributed by atoms with E-state index < -0.39 is 16.1 Å². The molecule has 0 aliphatic rings. The summed E-state index contributed by atoms with van der Waals surface area (Å²) < 4.78 is 9.73. The molecule has 0 unspecified atom stereocenters. The predicted octanol–water partition coefficient (Wildman–Crippen LogP) is 30.2. The first kappa shape index (κ1) is 86.1. The Morgan fingerprint density at radius 2 is 0.285 bits per heavy atom. The minimum Gasteiger partial charge on any atom is -0.309 e. The van der Waals surface area contributed by atoms with E-state index in [0.29, 0.717) is 0 Å². The smallest absolute Gasteiger partial charge is 0.179 e. The highest BCUT2D eigenvalue weighted by Crippen LogP contribution is 2.43. The van der Waals surface area contributed by atoms with Crippen LogP contribution in [0.25, 0.3) is 188 Å². The Morgan fingerprint density at radius 1 is 0.0972 bits per heavy atom. The highest BCUT2D eigenvalue weighted by Gasteiger charge is 2.44. The summed E-state index contributed by atoms with van der Waals surface area (Å²) in [5.41, 5.74) is 31.0. The number of hydrogen-bond acceptors (Lipinski definition) is 0. The van der Waals surface area contributed by atoms with Crippen LogP contribution in [0.1, 0.15) is 0 Å². The molecule has 0 fully saturated rings. The van der Waals surface area contributed by atoms with Crippen LogP contribution in [0, 0.1) is 0 Å². The highest BCUT2D eigenvalue weighted by molar-refractivity contribution is 7.20. The van der Waals surface area contributed by atoms with Gasteiger partial charge in [-0.05, 0) is 241 Å². The van der Waals surface area contributed by atoms with Gasteiger partial charge in [0.15, 0.2) is 16.1 Å². The van der Waals surface area contributed by atoms with E-state index in [1.54, 1.807) is 0 Å². The molecule has 4 heterocycles. The second-order valence-corrected chi connectivity index (χ2v) is 45.3. The Morgan fingerprint density at radius 3 is 0.604 bits per heavy atom. The van der Waals surface area contributed by atoms with E-state index in [-0.39, 0.29) is 0 Å². The summed E-state index contributed by atoms with van der Waals surface area (Å²) in [5.74, 6) is 0. The first-order valence-electron chi connectivity index (χ1n) is 49.7. The van der Waals surface area contributed by atoms with Gasteiger partial charge in [0, 0.05) is 65.8 Å². The lowest BCUT2D eigenvalue weighted by atomic mass is 9.98. The van der Waals surface area contributed by atoms with E-state index >= 15 is 0 Å². The van der Waals surface area contributed by atoms with E-state index in [2.05, 4.69) is 601 Å². The average Bonchev–Trinajstić information content (AvgIpc) is 1.62. The maximum absolute atomic E-state index is 2.81. The first-order chi connectivity index (χ1) is 71.4. The summed E-state index contributed by atoms with van der Waals surface area (Å²) in [5, 5.41) is 20.8. The number of fused-ring (bicyclic) bond motifs is 12. The van der Waals surface area contributed by atoms with E-state index in [1.807, 2.05) is 0 Å². The molecular formula is C138H96N4Si2. The molecule has 27 rings (SSSR count). The van der Waals surface area contributed by atoms with Crippen LogP contribution >= 0.6 is 0 Å². The van der Waals surface area contributed by atoms with Gasteiger partial charge in [-0.25, -0.2) is 0 Å². The SMILES string of the molecule is c1ccc(-c2ccc(-n3c4ccccc4c4cc(-c5ccc(-c6ccc7c(c6)c6cc([Si](c8ccccc8)(c8ccccc8)c8ccccc8)ccc6n7-c6ccc(-c7ccccc7)cc6)cc5)ccc43)cc2)cc1.c1ccc(-c2cccc(-n3c4ccccc4c4cc(-c5ccc(-c6ccc7c(c6)c6ccccc6n7-c6cccc([Si](c7ccccc7)(c7ccccc7)c7ccccc7)c6)cc5)ccc43)c2)cc1. The van der Waals surface area contributed by atoms with Crippen LogP contribution in [0.15, 0.2) is 582 Å². The molecule has 0 N–H and O–H groups in total. The molecule has 27 aromatic rings. The largest absolute Gasteiger partial charge is 0.309 e. The maximum atomic E-state index is 2.53. The second kappa shape index (κ2) is 36.8. The standard InChI is InChI=1S/C72H50N2Si.C66H46N2Si/c1-6-18-51(19-7-1)53-34-40-59(41-35-53)73-69-29-17-16-28-65(69)66-48-57(38-45-70(66)73)55-30-32-56(33-31-55)58-39-46-71-67(49-58)68-50-64(44-47-72(68)74(71)60-42-36-54(37-43-60)52-20-8-2-9-21-52)75(61-22-10-3-11-23-61,62-24-12-4-13-25-62)63-26-14-5-15-27-63;1-5-19-47(20-6-1)50-21-17-22-53(43-50)67-63-33-15-13-31-59(63)61-44-51(39-41-65(61)67)48-35-37-49(38-36-48)52-40-42-66-62(45-52)60-32-14-16-34-64(60)68(66)54-23-18-30-58(46-54)69(55-24-7-2-8-25-55,56-26-9-3-10-27-56)57-28-11-4-12-29-57/h1-50H;1-46H. The van der Waals surface area contributed by atoms with Crippen molar-refractivity contribution in [1.29, 1.82) is 0 Å². The van der Waals surface area contributed by atoms with Crippen LogP contribution < -0.4 is 41.5 Å². The summed E-state index contributed by atoms with van der Waals surface area (Å²) in [6, 6.07) is 215. The Bertz CT molecular complexity index is 9220. The van der Waals surface area contributed by atoms with Crippen LogP contribution in [0.2, 0.25) is 0 Å². The van der Waals surface area contributed by atoms with Gasteiger partial charge < -0.3 is 18.3 Å². The van der Waals surface area contributed by atoms with E-state index in [1.165, 1.54) is 207 Å². The molecule has 6 heteroatoms. The first-order valence-corrected chi connectivity index (χ1v) is 53.7. The third kappa shape index (κ3) is 15.1. The van der Waals surface area contributed by atoms with Crippen molar-refractivity contribution in [1.82, 2.24) is 18.3 Å². The van der Waals surface area contributed by atoms with Crippen molar-refractivity contribution in [2.75, 3.05) is 0 Å². The van der Waals surface area contributed by atoms with E-state index in [9.17, 15) is 0 Å². The molecule has 144 heavy (non-hydrogen) atoms. The lowest BCUT2D eigenvalue weighted by Gasteiger charge is -2.34. The highest BCUT2D eigenvalue weighted by atomic mass is 28.3. The third-order valence-corrected chi connectivity index (χ3v) is 39.3. The Hall–Kier alpha value is -18.3.